The van der Waals surface area contributed by atoms with E-state index in [4.69, 9.17) is 9.15 Å². The highest BCUT2D eigenvalue weighted by Crippen LogP contribution is 2.15. The van der Waals surface area contributed by atoms with Gasteiger partial charge in [-0.15, -0.1) is 0 Å². The van der Waals surface area contributed by atoms with Crippen molar-refractivity contribution < 1.29 is 22.0 Å². The van der Waals surface area contributed by atoms with Crippen molar-refractivity contribution >= 4 is 10.0 Å². The number of methoxy groups -OCH3 is 1. The van der Waals surface area contributed by atoms with E-state index in [1.807, 2.05) is 0 Å². The van der Waals surface area contributed by atoms with Crippen LogP contribution in [0.25, 0.3) is 0 Å². The second-order valence-electron chi connectivity index (χ2n) is 4.84. The molecule has 0 fully saturated rings. The van der Waals surface area contributed by atoms with Gasteiger partial charge in [0.15, 0.2) is 0 Å². The molecule has 0 spiro atoms. The summed E-state index contributed by atoms with van der Waals surface area (Å²) in [7, 11) is -2.09. The van der Waals surface area contributed by atoms with Crippen LogP contribution in [-0.2, 0) is 27.1 Å². The molecule has 1 heterocycles. The van der Waals surface area contributed by atoms with Crippen molar-refractivity contribution in [3.8, 4) is 0 Å². The van der Waals surface area contributed by atoms with Gasteiger partial charge in [-0.1, -0.05) is 12.1 Å². The van der Waals surface area contributed by atoms with Gasteiger partial charge < -0.3 is 9.15 Å². The van der Waals surface area contributed by atoms with Gasteiger partial charge in [0.25, 0.3) is 0 Å². The fraction of sp³-hybridized carbons (Fsp3) is 0.333. The van der Waals surface area contributed by atoms with E-state index in [0.29, 0.717) is 5.56 Å². The summed E-state index contributed by atoms with van der Waals surface area (Å²) >= 11 is 0. The minimum Gasteiger partial charge on any atom is -0.472 e. The third kappa shape index (κ3) is 4.66. The fourth-order valence-corrected chi connectivity index (χ4v) is 3.51. The summed E-state index contributed by atoms with van der Waals surface area (Å²) in [6.07, 6.45) is 2.99. The summed E-state index contributed by atoms with van der Waals surface area (Å²) in [5.41, 5.74) is 1.16. The Balaban J connectivity index is 2.16. The van der Waals surface area contributed by atoms with E-state index in [1.54, 1.807) is 12.1 Å². The van der Waals surface area contributed by atoms with Gasteiger partial charge in [0.1, 0.15) is 5.82 Å². The Bertz CT molecular complexity index is 685. The topological polar surface area (TPSA) is 59.8 Å². The van der Waals surface area contributed by atoms with E-state index in [9.17, 15) is 12.8 Å². The lowest BCUT2D eigenvalue weighted by atomic mass is 10.2. The molecule has 0 amide bonds. The van der Waals surface area contributed by atoms with Crippen LogP contribution in [0.4, 0.5) is 4.39 Å². The van der Waals surface area contributed by atoms with Crippen molar-refractivity contribution in [2.75, 3.05) is 20.3 Å². The smallest absolute Gasteiger partial charge is 0.218 e. The largest absolute Gasteiger partial charge is 0.472 e. The van der Waals surface area contributed by atoms with E-state index in [-0.39, 0.29) is 25.4 Å². The first-order valence-electron chi connectivity index (χ1n) is 6.73. The van der Waals surface area contributed by atoms with Crippen molar-refractivity contribution in [3.05, 3.63) is 59.8 Å². The Hall–Kier alpha value is -1.70. The second-order valence-corrected chi connectivity index (χ2v) is 6.81. The average molecular weight is 327 g/mol. The number of halogens is 1. The second kappa shape index (κ2) is 7.53. The van der Waals surface area contributed by atoms with Crippen molar-refractivity contribution in [2.24, 2.45) is 0 Å². The molecule has 0 aliphatic carbocycles. The van der Waals surface area contributed by atoms with Crippen molar-refractivity contribution in [3.63, 3.8) is 0 Å². The molecule has 2 rings (SSSR count). The van der Waals surface area contributed by atoms with Crippen molar-refractivity contribution in [1.82, 2.24) is 4.31 Å². The summed E-state index contributed by atoms with van der Waals surface area (Å²) < 4.78 is 49.6. The zero-order valence-electron chi connectivity index (χ0n) is 12.2. The number of furan rings is 1. The first-order chi connectivity index (χ1) is 10.5. The zero-order chi connectivity index (χ0) is 16.0. The third-order valence-corrected chi connectivity index (χ3v) is 4.91. The normalized spacial score (nSPS) is 12.0. The van der Waals surface area contributed by atoms with E-state index in [2.05, 4.69) is 0 Å². The monoisotopic (exact) mass is 327 g/mol. The number of hydrogen-bond donors (Lipinski definition) is 0. The molecule has 0 saturated carbocycles. The van der Waals surface area contributed by atoms with Crippen LogP contribution in [0.5, 0.6) is 0 Å². The zero-order valence-corrected chi connectivity index (χ0v) is 13.1. The minimum absolute atomic E-state index is 0.192. The van der Waals surface area contributed by atoms with Gasteiger partial charge in [-0.05, 0) is 23.8 Å². The maximum absolute atomic E-state index is 13.2. The Morgan fingerprint density at radius 2 is 2.09 bits per heavy atom. The van der Waals surface area contributed by atoms with E-state index in [1.165, 1.54) is 42.1 Å². The van der Waals surface area contributed by atoms with Crippen LogP contribution < -0.4 is 0 Å². The first-order valence-corrected chi connectivity index (χ1v) is 8.34. The highest BCUT2D eigenvalue weighted by Gasteiger charge is 2.23. The Kier molecular flexibility index (Phi) is 5.70. The number of hydrogen-bond acceptors (Lipinski definition) is 4. The number of ether oxygens (including phenoxy) is 1. The Labute approximate surface area is 129 Å². The van der Waals surface area contributed by atoms with Gasteiger partial charge >= 0.3 is 0 Å². The van der Waals surface area contributed by atoms with Crippen LogP contribution in [0, 0.1) is 5.82 Å². The van der Waals surface area contributed by atoms with Crippen LogP contribution in [0.2, 0.25) is 0 Å². The predicted molar refractivity (Wildman–Crippen MR) is 80.0 cm³/mol. The summed E-state index contributed by atoms with van der Waals surface area (Å²) in [6.45, 7) is 0.692. The van der Waals surface area contributed by atoms with Gasteiger partial charge in [-0.3, -0.25) is 0 Å². The van der Waals surface area contributed by atoms with Gasteiger partial charge in [-0.2, -0.15) is 4.31 Å². The number of rotatable bonds is 8. The quantitative estimate of drug-likeness (QED) is 0.747. The minimum atomic E-state index is -3.60. The molecule has 7 heteroatoms. The van der Waals surface area contributed by atoms with Crippen molar-refractivity contribution in [1.29, 1.82) is 0 Å². The lowest BCUT2D eigenvalue weighted by Crippen LogP contribution is -2.34. The molecule has 0 radical (unpaired) electrons. The van der Waals surface area contributed by atoms with Crippen molar-refractivity contribution in [2.45, 2.75) is 12.3 Å². The van der Waals surface area contributed by atoms with E-state index >= 15 is 0 Å². The molecule has 0 unspecified atom stereocenters. The molecule has 1 aromatic heterocycles. The summed E-state index contributed by atoms with van der Waals surface area (Å²) in [6, 6.07) is 7.30. The Morgan fingerprint density at radius 1 is 1.27 bits per heavy atom. The molecule has 0 aliphatic heterocycles. The predicted octanol–water partition coefficient (Wildman–Crippen LogP) is 2.40. The molecule has 0 bridgehead atoms. The SMILES string of the molecule is COCCN(Cc1ccoc1)S(=O)(=O)Cc1cccc(F)c1. The summed E-state index contributed by atoms with van der Waals surface area (Å²) in [5, 5.41) is 0. The van der Waals surface area contributed by atoms with E-state index in [0.717, 1.165) is 5.56 Å². The molecular formula is C15H18FNO4S. The molecule has 2 aromatic rings. The van der Waals surface area contributed by atoms with E-state index < -0.39 is 15.8 Å². The average Bonchev–Trinajstić information content (AvgIpc) is 2.95. The van der Waals surface area contributed by atoms with Gasteiger partial charge in [-0.25, -0.2) is 12.8 Å². The highest BCUT2D eigenvalue weighted by molar-refractivity contribution is 7.88. The summed E-state index contributed by atoms with van der Waals surface area (Å²) in [4.78, 5) is 0. The standard InChI is InChI=1S/C15H18FNO4S/c1-20-8-6-17(10-14-5-7-21-11-14)22(18,19)12-13-3-2-4-15(16)9-13/h2-5,7,9,11H,6,8,10,12H2,1H3. The number of nitrogens with zero attached hydrogens (tertiary/aromatic N) is 1. The molecule has 0 saturated heterocycles. The molecule has 22 heavy (non-hydrogen) atoms. The van der Waals surface area contributed by atoms with Gasteiger partial charge in [0, 0.05) is 25.8 Å². The maximum atomic E-state index is 13.2. The number of benzene rings is 1. The fourth-order valence-electron chi connectivity index (χ4n) is 2.02. The summed E-state index contributed by atoms with van der Waals surface area (Å²) in [5.74, 6) is -0.710. The van der Waals surface area contributed by atoms with Crippen LogP contribution in [0.15, 0.2) is 47.3 Å². The third-order valence-electron chi connectivity index (χ3n) is 3.12. The van der Waals surface area contributed by atoms with Crippen LogP contribution in [0.3, 0.4) is 0 Å². The molecule has 120 valence electrons. The molecule has 0 aliphatic rings. The molecular weight excluding hydrogens is 309 g/mol. The molecule has 5 nitrogen and oxygen atoms in total. The molecule has 1 aromatic carbocycles. The maximum Gasteiger partial charge on any atom is 0.218 e. The highest BCUT2D eigenvalue weighted by atomic mass is 32.2. The lowest BCUT2D eigenvalue weighted by molar-refractivity contribution is 0.177. The van der Waals surface area contributed by atoms with Gasteiger partial charge in [0.05, 0.1) is 24.9 Å². The molecule has 0 N–H and O–H groups in total. The van der Waals surface area contributed by atoms with Gasteiger partial charge in [0.2, 0.25) is 10.0 Å². The Morgan fingerprint density at radius 3 is 2.73 bits per heavy atom. The first kappa shape index (κ1) is 16.7. The lowest BCUT2D eigenvalue weighted by Gasteiger charge is -2.21. The van der Waals surface area contributed by atoms with Crippen LogP contribution in [0.1, 0.15) is 11.1 Å². The molecule has 0 atom stereocenters. The number of sulfonamides is 1. The van der Waals surface area contributed by atoms with Crippen LogP contribution >= 0.6 is 0 Å². The van der Waals surface area contributed by atoms with Crippen LogP contribution in [-0.4, -0.2) is 33.0 Å².